The lowest BCUT2D eigenvalue weighted by molar-refractivity contribution is 0.282. The standard InChI is InChI=1S/C13H15ClN2OS2.ClH/c1-16-6-4-8(5-7-16)19-10-3-2-9-12(11(10)14)17-13(18)15-9;/h2-3,8H,4-7H2,1H3,(H,15,18);1H. The fourth-order valence-corrected chi connectivity index (χ4v) is 4.02. The van der Waals surface area contributed by atoms with Gasteiger partial charge in [-0.05, 0) is 57.3 Å². The molecule has 2 heterocycles. The number of hydrogen-bond donors (Lipinski definition) is 1. The Balaban J connectivity index is 0.00000147. The Bertz CT molecular complexity index is 647. The van der Waals surface area contributed by atoms with E-state index in [1.165, 1.54) is 12.8 Å². The van der Waals surface area contributed by atoms with Gasteiger partial charge in [0, 0.05) is 10.1 Å². The predicted molar refractivity (Wildman–Crippen MR) is 90.0 cm³/mol. The predicted octanol–water partition coefficient (Wildman–Crippen LogP) is 4.75. The van der Waals surface area contributed by atoms with Gasteiger partial charge >= 0.3 is 0 Å². The van der Waals surface area contributed by atoms with Gasteiger partial charge in [0.1, 0.15) is 0 Å². The van der Waals surface area contributed by atoms with Crippen LogP contribution in [0.2, 0.25) is 5.02 Å². The summed E-state index contributed by atoms with van der Waals surface area (Å²) < 4.78 is 5.45. The van der Waals surface area contributed by atoms with E-state index in [0.717, 1.165) is 23.5 Å². The van der Waals surface area contributed by atoms with E-state index < -0.39 is 0 Å². The molecule has 0 aliphatic carbocycles. The van der Waals surface area contributed by atoms with E-state index in [-0.39, 0.29) is 12.4 Å². The van der Waals surface area contributed by atoms with Crippen molar-refractivity contribution in [2.75, 3.05) is 20.1 Å². The summed E-state index contributed by atoms with van der Waals surface area (Å²) in [4.78, 5) is 6.81. The summed E-state index contributed by atoms with van der Waals surface area (Å²) in [5.74, 6) is 0. The zero-order valence-corrected chi connectivity index (χ0v) is 14.2. The van der Waals surface area contributed by atoms with Crippen LogP contribution in [0, 0.1) is 4.84 Å². The molecule has 1 saturated heterocycles. The summed E-state index contributed by atoms with van der Waals surface area (Å²) in [5, 5.41) is 1.31. The molecule has 3 nitrogen and oxygen atoms in total. The van der Waals surface area contributed by atoms with E-state index in [4.69, 9.17) is 28.2 Å². The molecule has 1 aliphatic rings. The molecule has 0 unspecified atom stereocenters. The number of benzene rings is 1. The van der Waals surface area contributed by atoms with Crippen molar-refractivity contribution in [1.82, 2.24) is 9.88 Å². The average molecular weight is 351 g/mol. The van der Waals surface area contributed by atoms with E-state index in [1.807, 2.05) is 17.8 Å². The zero-order valence-electron chi connectivity index (χ0n) is 11.0. The number of likely N-dealkylation sites (tertiary alicyclic amines) is 1. The molecule has 1 aromatic carbocycles. The van der Waals surface area contributed by atoms with Crippen molar-refractivity contribution in [2.24, 2.45) is 0 Å². The maximum absolute atomic E-state index is 6.41. The molecule has 0 bridgehead atoms. The SMILES string of the molecule is CN1CCC(Sc2ccc3[nH]c(=S)oc3c2Cl)CC1.Cl. The Labute approximate surface area is 138 Å². The number of oxazole rings is 1. The molecule has 1 fully saturated rings. The highest BCUT2D eigenvalue weighted by Crippen LogP contribution is 2.38. The molecule has 1 N–H and O–H groups in total. The van der Waals surface area contributed by atoms with Crippen LogP contribution in [0.1, 0.15) is 12.8 Å². The Morgan fingerprint density at radius 3 is 2.80 bits per heavy atom. The molecular formula is C13H16Cl2N2OS2. The lowest BCUT2D eigenvalue weighted by Gasteiger charge is -2.28. The highest BCUT2D eigenvalue weighted by Gasteiger charge is 2.20. The fourth-order valence-electron chi connectivity index (χ4n) is 2.34. The maximum atomic E-state index is 6.41. The summed E-state index contributed by atoms with van der Waals surface area (Å²) in [5.41, 5.74) is 1.53. The Morgan fingerprint density at radius 1 is 1.40 bits per heavy atom. The van der Waals surface area contributed by atoms with Crippen LogP contribution in [0.4, 0.5) is 0 Å². The fraction of sp³-hybridized carbons (Fsp3) is 0.462. The van der Waals surface area contributed by atoms with Crippen molar-refractivity contribution in [3.8, 4) is 0 Å². The summed E-state index contributed by atoms with van der Waals surface area (Å²) in [6.07, 6.45) is 2.40. The molecule has 7 heteroatoms. The van der Waals surface area contributed by atoms with Crippen LogP contribution in [-0.4, -0.2) is 35.3 Å². The minimum Gasteiger partial charge on any atom is -0.428 e. The molecule has 20 heavy (non-hydrogen) atoms. The molecule has 0 radical (unpaired) electrons. The van der Waals surface area contributed by atoms with Gasteiger partial charge in [-0.15, -0.1) is 24.2 Å². The third kappa shape index (κ3) is 3.34. The number of aromatic nitrogens is 1. The van der Waals surface area contributed by atoms with Crippen LogP contribution in [-0.2, 0) is 0 Å². The lowest BCUT2D eigenvalue weighted by Crippen LogP contribution is -2.31. The second-order valence-electron chi connectivity index (χ2n) is 4.89. The summed E-state index contributed by atoms with van der Waals surface area (Å²) in [6.45, 7) is 2.31. The summed E-state index contributed by atoms with van der Waals surface area (Å²) in [7, 11) is 2.17. The molecule has 2 aromatic rings. The molecular weight excluding hydrogens is 335 g/mol. The van der Waals surface area contributed by atoms with Crippen LogP contribution in [0.5, 0.6) is 0 Å². The first-order chi connectivity index (χ1) is 9.13. The van der Waals surface area contributed by atoms with Crippen molar-refractivity contribution in [3.63, 3.8) is 0 Å². The minimum absolute atomic E-state index is 0. The molecule has 0 atom stereocenters. The van der Waals surface area contributed by atoms with Gasteiger partial charge in [-0.1, -0.05) is 11.6 Å². The maximum Gasteiger partial charge on any atom is 0.266 e. The van der Waals surface area contributed by atoms with Gasteiger partial charge in [0.25, 0.3) is 4.84 Å². The third-order valence-corrected chi connectivity index (χ3v) is 5.52. The Morgan fingerprint density at radius 2 is 2.10 bits per heavy atom. The first-order valence-electron chi connectivity index (χ1n) is 6.30. The van der Waals surface area contributed by atoms with Gasteiger partial charge < -0.3 is 14.3 Å². The quantitative estimate of drug-likeness (QED) is 0.791. The van der Waals surface area contributed by atoms with Crippen molar-refractivity contribution in [2.45, 2.75) is 23.0 Å². The number of thioether (sulfide) groups is 1. The first kappa shape index (κ1) is 16.2. The van der Waals surface area contributed by atoms with Crippen molar-refractivity contribution in [1.29, 1.82) is 0 Å². The van der Waals surface area contributed by atoms with E-state index in [2.05, 4.69) is 23.0 Å². The van der Waals surface area contributed by atoms with Crippen LogP contribution in [0.25, 0.3) is 11.1 Å². The molecule has 110 valence electrons. The number of halogens is 2. The molecule has 0 saturated carbocycles. The number of piperidine rings is 1. The van der Waals surface area contributed by atoms with E-state index in [1.54, 1.807) is 0 Å². The minimum atomic E-state index is 0. The van der Waals surface area contributed by atoms with Gasteiger partial charge in [0.2, 0.25) is 0 Å². The second-order valence-corrected chi connectivity index (χ2v) is 6.98. The van der Waals surface area contributed by atoms with Gasteiger partial charge in [0.05, 0.1) is 10.5 Å². The second kappa shape index (κ2) is 6.71. The number of fused-ring (bicyclic) bond motifs is 1. The lowest BCUT2D eigenvalue weighted by atomic mass is 10.1. The monoisotopic (exact) mass is 350 g/mol. The van der Waals surface area contributed by atoms with Gasteiger partial charge in [-0.3, -0.25) is 0 Å². The molecule has 3 rings (SSSR count). The Hall–Kier alpha value is -0.200. The highest BCUT2D eigenvalue weighted by molar-refractivity contribution is 8.00. The van der Waals surface area contributed by atoms with E-state index in [0.29, 0.717) is 20.7 Å². The highest BCUT2D eigenvalue weighted by atomic mass is 35.5. The van der Waals surface area contributed by atoms with Gasteiger partial charge in [0.15, 0.2) is 5.58 Å². The normalized spacial score (nSPS) is 17.3. The van der Waals surface area contributed by atoms with Crippen molar-refractivity contribution < 1.29 is 4.42 Å². The molecule has 0 amide bonds. The van der Waals surface area contributed by atoms with E-state index >= 15 is 0 Å². The van der Waals surface area contributed by atoms with Crippen molar-refractivity contribution in [3.05, 3.63) is 22.0 Å². The van der Waals surface area contributed by atoms with Crippen LogP contribution < -0.4 is 0 Å². The molecule has 0 spiro atoms. The van der Waals surface area contributed by atoms with Crippen LogP contribution >= 0.6 is 48.0 Å². The number of hydrogen-bond acceptors (Lipinski definition) is 4. The zero-order chi connectivity index (χ0) is 13.4. The number of aromatic amines is 1. The van der Waals surface area contributed by atoms with Crippen LogP contribution in [0.15, 0.2) is 21.4 Å². The Kier molecular flexibility index (Phi) is 5.42. The van der Waals surface area contributed by atoms with Crippen molar-refractivity contribution >= 4 is 59.1 Å². The third-order valence-electron chi connectivity index (χ3n) is 3.45. The number of H-pyrrole nitrogens is 1. The number of nitrogens with zero attached hydrogens (tertiary/aromatic N) is 1. The molecule has 1 aliphatic heterocycles. The van der Waals surface area contributed by atoms with Crippen LogP contribution in [0.3, 0.4) is 0 Å². The summed E-state index contributed by atoms with van der Waals surface area (Å²) >= 11 is 13.3. The summed E-state index contributed by atoms with van der Waals surface area (Å²) in [6, 6.07) is 4.03. The van der Waals surface area contributed by atoms with Gasteiger partial charge in [-0.2, -0.15) is 0 Å². The largest absolute Gasteiger partial charge is 0.428 e. The molecule has 1 aromatic heterocycles. The first-order valence-corrected chi connectivity index (χ1v) is 7.96. The number of nitrogens with one attached hydrogen (secondary N) is 1. The topological polar surface area (TPSA) is 32.2 Å². The van der Waals surface area contributed by atoms with Gasteiger partial charge in [-0.25, -0.2) is 0 Å². The smallest absolute Gasteiger partial charge is 0.266 e. The average Bonchev–Trinajstić information content (AvgIpc) is 2.77. The van der Waals surface area contributed by atoms with E-state index in [9.17, 15) is 0 Å². The number of rotatable bonds is 2.